The Morgan fingerprint density at radius 2 is 2.05 bits per heavy atom. The molecule has 0 radical (unpaired) electrons. The molecule has 2 atom stereocenters. The van der Waals surface area contributed by atoms with Gasteiger partial charge in [-0.2, -0.15) is 0 Å². The monoisotopic (exact) mass is 325 g/mol. The molecule has 2 unspecified atom stereocenters. The molecule has 5 heteroatoms. The summed E-state index contributed by atoms with van der Waals surface area (Å²) >= 11 is 3.36. The Morgan fingerprint density at radius 3 is 2.63 bits per heavy atom. The minimum Gasteiger partial charge on any atom is -0.481 e. The third-order valence-electron chi connectivity index (χ3n) is 3.65. The van der Waals surface area contributed by atoms with E-state index in [1.807, 2.05) is 26.0 Å². The summed E-state index contributed by atoms with van der Waals surface area (Å²) in [6.07, 6.45) is 0. The van der Waals surface area contributed by atoms with Gasteiger partial charge in [0.25, 0.3) is 5.91 Å². The van der Waals surface area contributed by atoms with E-state index in [1.54, 1.807) is 11.0 Å². The summed E-state index contributed by atoms with van der Waals surface area (Å²) in [4.78, 5) is 25.2. The van der Waals surface area contributed by atoms with Crippen LogP contribution < -0.4 is 0 Å². The third-order valence-corrected chi connectivity index (χ3v) is 4.14. The molecule has 1 aliphatic heterocycles. The van der Waals surface area contributed by atoms with E-state index in [0.717, 1.165) is 10.0 Å². The van der Waals surface area contributed by atoms with Crippen LogP contribution in [0.25, 0.3) is 0 Å². The van der Waals surface area contributed by atoms with Gasteiger partial charge in [-0.3, -0.25) is 9.59 Å². The third kappa shape index (κ3) is 2.81. The summed E-state index contributed by atoms with van der Waals surface area (Å²) < 4.78 is 0.850. The van der Waals surface area contributed by atoms with Gasteiger partial charge in [-0.1, -0.05) is 28.9 Å². The molecule has 19 heavy (non-hydrogen) atoms. The van der Waals surface area contributed by atoms with Crippen molar-refractivity contribution in [2.45, 2.75) is 13.8 Å². The number of rotatable bonds is 2. The second kappa shape index (κ2) is 5.33. The minimum atomic E-state index is -0.825. The molecule has 2 rings (SSSR count). The summed E-state index contributed by atoms with van der Waals surface area (Å²) in [5.74, 6) is -1.38. The molecule has 0 aliphatic carbocycles. The second-order valence-electron chi connectivity index (χ2n) is 5.09. The molecule has 1 amide bonds. The Labute approximate surface area is 120 Å². The number of aliphatic carboxylic acids is 1. The average molecular weight is 326 g/mol. The van der Waals surface area contributed by atoms with Crippen LogP contribution in [-0.2, 0) is 4.79 Å². The normalized spacial score (nSPS) is 22.6. The van der Waals surface area contributed by atoms with Crippen molar-refractivity contribution in [1.29, 1.82) is 0 Å². The lowest BCUT2D eigenvalue weighted by atomic mass is 9.99. The van der Waals surface area contributed by atoms with Gasteiger partial charge in [0, 0.05) is 23.1 Å². The van der Waals surface area contributed by atoms with E-state index < -0.39 is 11.9 Å². The van der Waals surface area contributed by atoms with Crippen LogP contribution in [0, 0.1) is 18.8 Å². The number of carbonyl (C=O) groups is 2. The number of carboxylic acid groups (broad SMARTS) is 1. The number of carboxylic acids is 1. The molecule has 1 saturated heterocycles. The summed E-state index contributed by atoms with van der Waals surface area (Å²) in [5.41, 5.74) is 1.53. The van der Waals surface area contributed by atoms with E-state index in [0.29, 0.717) is 18.7 Å². The topological polar surface area (TPSA) is 57.6 Å². The lowest BCUT2D eigenvalue weighted by Gasteiger charge is -2.17. The first-order valence-corrected chi connectivity index (χ1v) is 6.97. The van der Waals surface area contributed by atoms with Crippen LogP contribution in [0.2, 0.25) is 0 Å². The predicted octanol–water partition coefficient (Wildman–Crippen LogP) is 2.55. The van der Waals surface area contributed by atoms with E-state index in [4.69, 9.17) is 5.11 Å². The number of carbonyl (C=O) groups excluding carboxylic acids is 1. The smallest absolute Gasteiger partial charge is 0.308 e. The van der Waals surface area contributed by atoms with E-state index in [-0.39, 0.29) is 11.8 Å². The number of likely N-dealkylation sites (tertiary alicyclic amines) is 1. The second-order valence-corrected chi connectivity index (χ2v) is 6.01. The van der Waals surface area contributed by atoms with E-state index >= 15 is 0 Å². The van der Waals surface area contributed by atoms with E-state index in [1.165, 1.54) is 0 Å². The molecule has 1 N–H and O–H groups in total. The van der Waals surface area contributed by atoms with Gasteiger partial charge in [0.15, 0.2) is 0 Å². The quantitative estimate of drug-likeness (QED) is 0.909. The highest BCUT2D eigenvalue weighted by Crippen LogP contribution is 2.26. The van der Waals surface area contributed by atoms with E-state index in [2.05, 4.69) is 15.9 Å². The van der Waals surface area contributed by atoms with Gasteiger partial charge in [-0.25, -0.2) is 0 Å². The first-order valence-electron chi connectivity index (χ1n) is 6.18. The average Bonchev–Trinajstić information content (AvgIpc) is 2.74. The number of amides is 1. The Kier molecular flexibility index (Phi) is 3.94. The molecule has 0 spiro atoms. The first kappa shape index (κ1) is 14.1. The number of nitrogens with zero attached hydrogens (tertiary/aromatic N) is 1. The zero-order valence-corrected chi connectivity index (χ0v) is 12.5. The highest BCUT2D eigenvalue weighted by atomic mass is 79.9. The lowest BCUT2D eigenvalue weighted by Crippen LogP contribution is -2.30. The number of benzene rings is 1. The Hall–Kier alpha value is -1.36. The zero-order valence-electron chi connectivity index (χ0n) is 10.9. The number of aryl methyl sites for hydroxylation is 1. The van der Waals surface area contributed by atoms with Crippen molar-refractivity contribution >= 4 is 27.8 Å². The van der Waals surface area contributed by atoms with Crippen molar-refractivity contribution in [1.82, 2.24) is 4.90 Å². The van der Waals surface area contributed by atoms with Crippen molar-refractivity contribution < 1.29 is 14.7 Å². The molecule has 1 heterocycles. The Bertz CT molecular complexity index is 529. The summed E-state index contributed by atoms with van der Waals surface area (Å²) in [6.45, 7) is 4.55. The van der Waals surface area contributed by atoms with Crippen LogP contribution >= 0.6 is 15.9 Å². The molecular formula is C14H16BrNO3. The van der Waals surface area contributed by atoms with Crippen molar-refractivity contribution in [3.63, 3.8) is 0 Å². The van der Waals surface area contributed by atoms with Crippen molar-refractivity contribution in [3.8, 4) is 0 Å². The van der Waals surface area contributed by atoms with Gasteiger partial charge in [-0.15, -0.1) is 0 Å². The summed E-state index contributed by atoms with van der Waals surface area (Å²) in [6, 6.07) is 5.56. The predicted molar refractivity (Wildman–Crippen MR) is 75.1 cm³/mol. The molecule has 1 fully saturated rings. The largest absolute Gasteiger partial charge is 0.481 e. The maximum absolute atomic E-state index is 12.4. The number of halogens is 1. The Morgan fingerprint density at radius 1 is 1.37 bits per heavy atom. The van der Waals surface area contributed by atoms with Crippen LogP contribution in [-0.4, -0.2) is 35.0 Å². The number of hydrogen-bond acceptors (Lipinski definition) is 2. The molecule has 1 aromatic rings. The molecule has 1 aliphatic rings. The van der Waals surface area contributed by atoms with Gasteiger partial charge < -0.3 is 10.0 Å². The lowest BCUT2D eigenvalue weighted by molar-refractivity contribution is -0.142. The Balaban J connectivity index is 2.22. The van der Waals surface area contributed by atoms with Gasteiger partial charge in [0.1, 0.15) is 0 Å². The van der Waals surface area contributed by atoms with Gasteiger partial charge in [-0.05, 0) is 30.5 Å². The summed E-state index contributed by atoms with van der Waals surface area (Å²) in [5, 5.41) is 9.11. The fourth-order valence-electron chi connectivity index (χ4n) is 2.45. The van der Waals surface area contributed by atoms with Crippen molar-refractivity contribution in [3.05, 3.63) is 33.8 Å². The highest BCUT2D eigenvalue weighted by Gasteiger charge is 2.37. The van der Waals surface area contributed by atoms with Crippen LogP contribution in [0.1, 0.15) is 22.8 Å². The maximum Gasteiger partial charge on any atom is 0.308 e. The van der Waals surface area contributed by atoms with Gasteiger partial charge in [0.2, 0.25) is 0 Å². The fraction of sp³-hybridized carbons (Fsp3) is 0.429. The number of hydrogen-bond donors (Lipinski definition) is 1. The standard InChI is InChI=1S/C14H16BrNO3/c1-8-3-4-10(15)5-11(8)13(17)16-6-9(2)12(7-16)14(18)19/h3-5,9,12H,6-7H2,1-2H3,(H,18,19). The van der Waals surface area contributed by atoms with Gasteiger partial charge in [0.05, 0.1) is 5.92 Å². The zero-order chi connectivity index (χ0) is 14.2. The van der Waals surface area contributed by atoms with E-state index in [9.17, 15) is 9.59 Å². The molecular weight excluding hydrogens is 310 g/mol. The first-order chi connectivity index (χ1) is 8.90. The molecule has 0 bridgehead atoms. The van der Waals surface area contributed by atoms with Crippen LogP contribution in [0.3, 0.4) is 0 Å². The SMILES string of the molecule is Cc1ccc(Br)cc1C(=O)N1CC(C)C(C(=O)O)C1. The molecule has 0 saturated carbocycles. The maximum atomic E-state index is 12.4. The van der Waals surface area contributed by atoms with Gasteiger partial charge >= 0.3 is 5.97 Å². The van der Waals surface area contributed by atoms with Crippen LogP contribution in [0.4, 0.5) is 0 Å². The molecule has 4 nitrogen and oxygen atoms in total. The summed E-state index contributed by atoms with van der Waals surface area (Å²) in [7, 11) is 0. The molecule has 0 aromatic heterocycles. The van der Waals surface area contributed by atoms with Crippen LogP contribution in [0.15, 0.2) is 22.7 Å². The van der Waals surface area contributed by atoms with Crippen LogP contribution in [0.5, 0.6) is 0 Å². The highest BCUT2D eigenvalue weighted by molar-refractivity contribution is 9.10. The fourth-order valence-corrected chi connectivity index (χ4v) is 2.81. The molecule has 102 valence electrons. The van der Waals surface area contributed by atoms with Crippen molar-refractivity contribution in [2.24, 2.45) is 11.8 Å². The molecule has 1 aromatic carbocycles. The minimum absolute atomic E-state index is 0.00564. The van der Waals surface area contributed by atoms with Crippen molar-refractivity contribution in [2.75, 3.05) is 13.1 Å².